The molecule has 0 unspecified atom stereocenters. The number of ether oxygens (including phenoxy) is 1. The Morgan fingerprint density at radius 2 is 1.78 bits per heavy atom. The molecule has 0 saturated carbocycles. The SMILES string of the molecule is CCCOc1ccc(/C=N/NC(=O)CSc2nnc(-c3ccc(Cl)cc3)n2-c2ccc(C)cc2)cc1. The number of thioether (sulfide) groups is 1. The monoisotopic (exact) mass is 519 g/mol. The second-order valence-corrected chi connectivity index (χ2v) is 9.36. The van der Waals surface area contributed by atoms with E-state index in [4.69, 9.17) is 16.3 Å². The van der Waals surface area contributed by atoms with Crippen LogP contribution in [0.15, 0.2) is 83.1 Å². The zero-order chi connectivity index (χ0) is 25.3. The fraction of sp³-hybridized carbons (Fsp3) is 0.185. The predicted octanol–water partition coefficient (Wildman–Crippen LogP) is 5.93. The maximum Gasteiger partial charge on any atom is 0.250 e. The van der Waals surface area contributed by atoms with Crippen molar-refractivity contribution >= 4 is 35.5 Å². The number of aromatic nitrogens is 3. The zero-order valence-electron chi connectivity index (χ0n) is 20.0. The van der Waals surface area contributed by atoms with E-state index in [-0.39, 0.29) is 11.7 Å². The van der Waals surface area contributed by atoms with Gasteiger partial charge in [-0.15, -0.1) is 10.2 Å². The van der Waals surface area contributed by atoms with Crippen LogP contribution in [0.25, 0.3) is 17.1 Å². The maximum atomic E-state index is 12.4. The van der Waals surface area contributed by atoms with Gasteiger partial charge in [-0.3, -0.25) is 9.36 Å². The highest BCUT2D eigenvalue weighted by Gasteiger charge is 2.17. The Balaban J connectivity index is 1.43. The molecular weight excluding hydrogens is 494 g/mol. The topological polar surface area (TPSA) is 81.4 Å². The van der Waals surface area contributed by atoms with Crippen LogP contribution >= 0.6 is 23.4 Å². The first kappa shape index (κ1) is 25.5. The summed E-state index contributed by atoms with van der Waals surface area (Å²) < 4.78 is 7.51. The fourth-order valence-electron chi connectivity index (χ4n) is 3.29. The van der Waals surface area contributed by atoms with Crippen molar-refractivity contribution in [2.45, 2.75) is 25.4 Å². The highest BCUT2D eigenvalue weighted by Crippen LogP contribution is 2.28. The molecule has 0 bridgehead atoms. The Kier molecular flexibility index (Phi) is 8.76. The Labute approximate surface area is 219 Å². The fourth-order valence-corrected chi connectivity index (χ4v) is 4.16. The smallest absolute Gasteiger partial charge is 0.250 e. The molecule has 0 spiro atoms. The molecule has 4 rings (SSSR count). The van der Waals surface area contributed by atoms with Crippen molar-refractivity contribution in [3.63, 3.8) is 0 Å². The van der Waals surface area contributed by atoms with Gasteiger partial charge in [0.2, 0.25) is 0 Å². The Hall–Kier alpha value is -3.62. The lowest BCUT2D eigenvalue weighted by molar-refractivity contribution is -0.118. The molecule has 36 heavy (non-hydrogen) atoms. The lowest BCUT2D eigenvalue weighted by Crippen LogP contribution is -2.20. The number of halogens is 1. The third kappa shape index (κ3) is 6.74. The minimum atomic E-state index is -0.245. The quantitative estimate of drug-likeness (QED) is 0.159. The Morgan fingerprint density at radius 1 is 1.06 bits per heavy atom. The first-order valence-corrected chi connectivity index (χ1v) is 12.9. The molecule has 0 atom stereocenters. The van der Waals surface area contributed by atoms with Crippen LogP contribution in [0.5, 0.6) is 5.75 Å². The lowest BCUT2D eigenvalue weighted by atomic mass is 10.2. The minimum Gasteiger partial charge on any atom is -0.494 e. The van der Waals surface area contributed by atoms with Crippen LogP contribution in [0.1, 0.15) is 24.5 Å². The van der Waals surface area contributed by atoms with E-state index in [2.05, 4.69) is 27.6 Å². The normalized spacial score (nSPS) is 11.1. The summed E-state index contributed by atoms with van der Waals surface area (Å²) in [6.45, 7) is 4.78. The summed E-state index contributed by atoms with van der Waals surface area (Å²) in [5, 5.41) is 14.1. The van der Waals surface area contributed by atoms with E-state index in [0.717, 1.165) is 34.5 Å². The number of hydrogen-bond acceptors (Lipinski definition) is 6. The average Bonchev–Trinajstić information content (AvgIpc) is 3.32. The summed E-state index contributed by atoms with van der Waals surface area (Å²) >= 11 is 7.35. The van der Waals surface area contributed by atoms with Crippen LogP contribution in [0.3, 0.4) is 0 Å². The van der Waals surface area contributed by atoms with Crippen molar-refractivity contribution in [1.82, 2.24) is 20.2 Å². The molecule has 0 aliphatic carbocycles. The number of hydrogen-bond donors (Lipinski definition) is 1. The number of benzene rings is 3. The van der Waals surface area contributed by atoms with Gasteiger partial charge in [-0.25, -0.2) is 5.43 Å². The van der Waals surface area contributed by atoms with Gasteiger partial charge in [-0.2, -0.15) is 5.10 Å². The van der Waals surface area contributed by atoms with Gasteiger partial charge in [-0.05, 0) is 79.6 Å². The minimum absolute atomic E-state index is 0.131. The summed E-state index contributed by atoms with van der Waals surface area (Å²) in [6, 6.07) is 23.0. The summed E-state index contributed by atoms with van der Waals surface area (Å²) in [6.07, 6.45) is 2.55. The van der Waals surface area contributed by atoms with Crippen LogP contribution in [0.2, 0.25) is 5.02 Å². The van der Waals surface area contributed by atoms with Crippen LogP contribution in [-0.2, 0) is 4.79 Å². The molecule has 0 saturated heterocycles. The zero-order valence-corrected chi connectivity index (χ0v) is 21.6. The third-order valence-corrected chi connectivity index (χ3v) is 6.30. The van der Waals surface area contributed by atoms with E-state index < -0.39 is 0 Å². The van der Waals surface area contributed by atoms with Crippen LogP contribution < -0.4 is 10.2 Å². The van der Waals surface area contributed by atoms with Gasteiger partial charge >= 0.3 is 0 Å². The lowest BCUT2D eigenvalue weighted by Gasteiger charge is -2.10. The molecule has 0 fully saturated rings. The largest absolute Gasteiger partial charge is 0.494 e. The van der Waals surface area contributed by atoms with E-state index in [1.807, 2.05) is 84.3 Å². The summed E-state index contributed by atoms with van der Waals surface area (Å²) in [4.78, 5) is 12.4. The Bertz CT molecular complexity index is 1320. The number of nitrogens with zero attached hydrogens (tertiary/aromatic N) is 4. The average molecular weight is 520 g/mol. The van der Waals surface area contributed by atoms with Gasteiger partial charge in [0.15, 0.2) is 11.0 Å². The molecule has 1 aromatic heterocycles. The van der Waals surface area contributed by atoms with Gasteiger partial charge in [-0.1, -0.05) is 48.0 Å². The van der Waals surface area contributed by atoms with E-state index in [0.29, 0.717) is 22.6 Å². The number of nitrogens with one attached hydrogen (secondary N) is 1. The van der Waals surface area contributed by atoms with Crippen molar-refractivity contribution < 1.29 is 9.53 Å². The number of carbonyl (C=O) groups excluding carboxylic acids is 1. The van der Waals surface area contributed by atoms with Crippen LogP contribution in [0, 0.1) is 6.92 Å². The molecule has 1 heterocycles. The number of amides is 1. The summed E-state index contributed by atoms with van der Waals surface area (Å²) in [5.41, 5.74) is 6.36. The predicted molar refractivity (Wildman–Crippen MR) is 145 cm³/mol. The molecule has 4 aromatic rings. The van der Waals surface area contributed by atoms with Crippen molar-refractivity contribution in [3.8, 4) is 22.8 Å². The van der Waals surface area contributed by atoms with Gasteiger partial charge in [0.05, 0.1) is 18.6 Å². The molecular formula is C27H26ClN5O2S. The third-order valence-electron chi connectivity index (χ3n) is 5.12. The second-order valence-electron chi connectivity index (χ2n) is 7.98. The molecule has 9 heteroatoms. The van der Waals surface area contributed by atoms with Crippen molar-refractivity contribution in [2.24, 2.45) is 5.10 Å². The van der Waals surface area contributed by atoms with Gasteiger partial charge in [0, 0.05) is 16.3 Å². The van der Waals surface area contributed by atoms with E-state index >= 15 is 0 Å². The highest BCUT2D eigenvalue weighted by molar-refractivity contribution is 7.99. The van der Waals surface area contributed by atoms with E-state index in [1.165, 1.54) is 11.8 Å². The van der Waals surface area contributed by atoms with Crippen molar-refractivity contribution in [2.75, 3.05) is 12.4 Å². The van der Waals surface area contributed by atoms with Gasteiger partial charge < -0.3 is 4.74 Å². The summed E-state index contributed by atoms with van der Waals surface area (Å²) in [7, 11) is 0. The standard InChI is InChI=1S/C27H26ClN5O2S/c1-3-16-35-24-14-6-20(7-15-24)17-29-30-25(34)18-36-27-32-31-26(21-8-10-22(28)11-9-21)33(27)23-12-4-19(2)5-13-23/h4-15,17H,3,16,18H2,1-2H3,(H,30,34)/b29-17+. The molecule has 7 nitrogen and oxygen atoms in total. The summed E-state index contributed by atoms with van der Waals surface area (Å²) in [5.74, 6) is 1.37. The molecule has 1 amide bonds. The number of hydrazone groups is 1. The van der Waals surface area contributed by atoms with Gasteiger partial charge in [0.25, 0.3) is 5.91 Å². The first-order valence-electron chi connectivity index (χ1n) is 11.5. The molecule has 3 aromatic carbocycles. The van der Waals surface area contributed by atoms with Gasteiger partial charge in [0.1, 0.15) is 5.75 Å². The number of carbonyl (C=O) groups is 1. The number of aryl methyl sites for hydroxylation is 1. The molecule has 0 radical (unpaired) electrons. The molecule has 184 valence electrons. The highest BCUT2D eigenvalue weighted by atomic mass is 35.5. The maximum absolute atomic E-state index is 12.4. The van der Waals surface area contributed by atoms with E-state index in [9.17, 15) is 4.79 Å². The van der Waals surface area contributed by atoms with Crippen LogP contribution in [0.4, 0.5) is 0 Å². The molecule has 1 N–H and O–H groups in total. The first-order chi connectivity index (χ1) is 17.5. The van der Waals surface area contributed by atoms with Crippen molar-refractivity contribution in [1.29, 1.82) is 0 Å². The van der Waals surface area contributed by atoms with Crippen molar-refractivity contribution in [3.05, 3.63) is 88.9 Å². The van der Waals surface area contributed by atoms with Crippen LogP contribution in [-0.4, -0.2) is 39.2 Å². The molecule has 0 aliphatic rings. The molecule has 0 aliphatic heterocycles. The Morgan fingerprint density at radius 3 is 2.47 bits per heavy atom. The second kappa shape index (κ2) is 12.4. The number of rotatable bonds is 10. The van der Waals surface area contributed by atoms with E-state index in [1.54, 1.807) is 6.21 Å².